The van der Waals surface area contributed by atoms with Crippen molar-refractivity contribution in [1.82, 2.24) is 4.98 Å². The van der Waals surface area contributed by atoms with Gasteiger partial charge in [0.05, 0.1) is 10.7 Å². The molecule has 3 aromatic rings. The second kappa shape index (κ2) is 5.82. The highest BCUT2D eigenvalue weighted by molar-refractivity contribution is 7.10. The minimum atomic E-state index is 0.0546. The Morgan fingerprint density at radius 3 is 2.19 bits per heavy atom. The van der Waals surface area contributed by atoms with E-state index in [0.29, 0.717) is 0 Å². The molecular weight excluding hydrogens is 274 g/mol. The maximum absolute atomic E-state index is 4.87. The van der Waals surface area contributed by atoms with E-state index in [-0.39, 0.29) is 5.41 Å². The molecule has 0 aliphatic rings. The van der Waals surface area contributed by atoms with Gasteiger partial charge in [0.15, 0.2) is 0 Å². The van der Waals surface area contributed by atoms with Crippen LogP contribution in [0.4, 0.5) is 0 Å². The predicted molar refractivity (Wildman–Crippen MR) is 90.7 cm³/mol. The summed E-state index contributed by atoms with van der Waals surface area (Å²) in [6.45, 7) is 4.54. The Morgan fingerprint density at radius 2 is 1.52 bits per heavy atom. The molecule has 0 saturated heterocycles. The largest absolute Gasteiger partial charge is 0.241 e. The molecule has 0 unspecified atom stereocenters. The zero-order valence-corrected chi connectivity index (χ0v) is 13.2. The van der Waals surface area contributed by atoms with E-state index in [0.717, 1.165) is 12.1 Å². The van der Waals surface area contributed by atoms with E-state index in [1.165, 1.54) is 16.1 Å². The van der Waals surface area contributed by atoms with Crippen LogP contribution in [0.15, 0.2) is 66.0 Å². The molecule has 0 N–H and O–H groups in total. The summed E-state index contributed by atoms with van der Waals surface area (Å²) in [7, 11) is 0. The van der Waals surface area contributed by atoms with Crippen LogP contribution in [-0.2, 0) is 11.8 Å². The lowest BCUT2D eigenvalue weighted by atomic mass is 9.86. The Kier molecular flexibility index (Phi) is 3.89. The van der Waals surface area contributed by atoms with E-state index in [1.54, 1.807) is 11.3 Å². The quantitative estimate of drug-likeness (QED) is 0.633. The number of hydrogen-bond acceptors (Lipinski definition) is 2. The van der Waals surface area contributed by atoms with Crippen LogP contribution in [0.2, 0.25) is 0 Å². The van der Waals surface area contributed by atoms with Gasteiger partial charge in [0.2, 0.25) is 0 Å². The second-order valence-electron chi connectivity index (χ2n) is 5.95. The molecule has 1 aromatic heterocycles. The molecule has 2 heteroatoms. The van der Waals surface area contributed by atoms with Crippen LogP contribution < -0.4 is 0 Å². The van der Waals surface area contributed by atoms with Crippen molar-refractivity contribution in [2.75, 3.05) is 0 Å². The lowest BCUT2D eigenvalue weighted by Gasteiger charge is -2.22. The number of aromatic nitrogens is 1. The number of thiazole rings is 1. The highest BCUT2D eigenvalue weighted by atomic mass is 32.1. The van der Waals surface area contributed by atoms with Gasteiger partial charge >= 0.3 is 0 Å². The lowest BCUT2D eigenvalue weighted by molar-refractivity contribution is 0.519. The first-order valence-electron chi connectivity index (χ1n) is 7.20. The molecule has 0 aliphatic heterocycles. The maximum atomic E-state index is 4.87. The molecule has 1 heterocycles. The summed E-state index contributed by atoms with van der Waals surface area (Å²) in [5, 5.41) is 3.36. The third kappa shape index (κ3) is 3.22. The normalized spacial score (nSPS) is 11.5. The summed E-state index contributed by atoms with van der Waals surface area (Å²) in [5.41, 5.74) is 3.69. The number of benzene rings is 2. The van der Waals surface area contributed by atoms with Gasteiger partial charge in [-0.2, -0.15) is 0 Å². The van der Waals surface area contributed by atoms with E-state index in [9.17, 15) is 0 Å². The lowest BCUT2D eigenvalue weighted by Crippen LogP contribution is -2.20. The molecule has 0 atom stereocenters. The summed E-state index contributed by atoms with van der Waals surface area (Å²) < 4.78 is 0. The Hall–Kier alpha value is -1.93. The zero-order chi connectivity index (χ0) is 14.7. The molecule has 2 aromatic carbocycles. The van der Waals surface area contributed by atoms with Crippen LogP contribution in [0, 0.1) is 0 Å². The fourth-order valence-corrected chi connectivity index (χ4v) is 3.46. The molecule has 0 fully saturated rings. The van der Waals surface area contributed by atoms with Crippen LogP contribution in [0.3, 0.4) is 0 Å². The van der Waals surface area contributed by atoms with Gasteiger partial charge in [0.25, 0.3) is 0 Å². The molecular formula is C19H19NS. The average molecular weight is 293 g/mol. The molecule has 1 nitrogen and oxygen atoms in total. The molecule has 0 radical (unpaired) electrons. The Balaban J connectivity index is 1.85. The average Bonchev–Trinajstić information content (AvgIpc) is 2.99. The van der Waals surface area contributed by atoms with Crippen molar-refractivity contribution in [3.63, 3.8) is 0 Å². The van der Waals surface area contributed by atoms with Crippen molar-refractivity contribution in [2.45, 2.75) is 25.7 Å². The highest BCUT2D eigenvalue weighted by Crippen LogP contribution is 2.32. The Labute approximate surface area is 130 Å². The van der Waals surface area contributed by atoms with Gasteiger partial charge in [-0.25, -0.2) is 4.98 Å². The molecule has 0 aliphatic carbocycles. The van der Waals surface area contributed by atoms with Gasteiger partial charge in [-0.15, -0.1) is 11.3 Å². The molecule has 0 spiro atoms. The summed E-state index contributed by atoms with van der Waals surface area (Å²) in [6, 6.07) is 21.0. The van der Waals surface area contributed by atoms with Crippen molar-refractivity contribution in [2.24, 2.45) is 0 Å². The van der Waals surface area contributed by atoms with Crippen LogP contribution in [0.5, 0.6) is 0 Å². The summed E-state index contributed by atoms with van der Waals surface area (Å²) in [6.07, 6.45) is 1.01. The monoisotopic (exact) mass is 293 g/mol. The van der Waals surface area contributed by atoms with E-state index in [1.807, 2.05) is 6.07 Å². The summed E-state index contributed by atoms with van der Waals surface area (Å²) >= 11 is 1.76. The SMILES string of the molecule is CC(C)(Cc1ccccc1)c1nc(-c2ccccc2)cs1. The van der Waals surface area contributed by atoms with Gasteiger partial charge in [-0.3, -0.25) is 0 Å². The smallest absolute Gasteiger partial charge is 0.0992 e. The van der Waals surface area contributed by atoms with Gasteiger partial charge in [0.1, 0.15) is 0 Å². The third-order valence-corrected chi connectivity index (χ3v) is 4.85. The third-order valence-electron chi connectivity index (χ3n) is 3.64. The number of hydrogen-bond donors (Lipinski definition) is 0. The first kappa shape index (κ1) is 14.0. The van der Waals surface area contributed by atoms with Crippen molar-refractivity contribution in [3.8, 4) is 11.3 Å². The van der Waals surface area contributed by atoms with Crippen molar-refractivity contribution < 1.29 is 0 Å². The molecule has 0 saturated carbocycles. The standard InChI is InChI=1S/C19H19NS/c1-19(2,13-15-9-5-3-6-10-15)18-20-17(14-21-18)16-11-7-4-8-12-16/h3-12,14H,13H2,1-2H3. The number of rotatable bonds is 4. The van der Waals surface area contributed by atoms with Gasteiger partial charge in [0, 0.05) is 16.4 Å². The van der Waals surface area contributed by atoms with E-state index < -0.39 is 0 Å². The first-order chi connectivity index (χ1) is 10.1. The molecule has 21 heavy (non-hydrogen) atoms. The molecule has 106 valence electrons. The van der Waals surface area contributed by atoms with E-state index in [4.69, 9.17) is 4.98 Å². The van der Waals surface area contributed by atoms with Crippen LogP contribution >= 0.6 is 11.3 Å². The highest BCUT2D eigenvalue weighted by Gasteiger charge is 2.25. The van der Waals surface area contributed by atoms with Gasteiger partial charge in [-0.1, -0.05) is 74.5 Å². The van der Waals surface area contributed by atoms with Crippen LogP contribution in [-0.4, -0.2) is 4.98 Å². The predicted octanol–water partition coefficient (Wildman–Crippen LogP) is 5.33. The van der Waals surface area contributed by atoms with E-state index in [2.05, 4.69) is 73.8 Å². The maximum Gasteiger partial charge on any atom is 0.0992 e. The van der Waals surface area contributed by atoms with Crippen molar-refractivity contribution in [1.29, 1.82) is 0 Å². The van der Waals surface area contributed by atoms with Crippen molar-refractivity contribution in [3.05, 3.63) is 76.6 Å². The summed E-state index contributed by atoms with van der Waals surface area (Å²) in [5.74, 6) is 0. The first-order valence-corrected chi connectivity index (χ1v) is 8.08. The fourth-order valence-electron chi connectivity index (χ4n) is 2.51. The summed E-state index contributed by atoms with van der Waals surface area (Å²) in [4.78, 5) is 4.87. The zero-order valence-electron chi connectivity index (χ0n) is 12.4. The molecule has 0 amide bonds. The van der Waals surface area contributed by atoms with Crippen LogP contribution in [0.25, 0.3) is 11.3 Å². The molecule has 3 rings (SSSR count). The van der Waals surface area contributed by atoms with Gasteiger partial charge in [-0.05, 0) is 12.0 Å². The second-order valence-corrected chi connectivity index (χ2v) is 6.81. The minimum Gasteiger partial charge on any atom is -0.241 e. The topological polar surface area (TPSA) is 12.9 Å². The van der Waals surface area contributed by atoms with E-state index >= 15 is 0 Å². The Bertz CT molecular complexity index is 699. The Morgan fingerprint density at radius 1 is 0.905 bits per heavy atom. The number of nitrogens with zero attached hydrogens (tertiary/aromatic N) is 1. The fraction of sp³-hybridized carbons (Fsp3) is 0.211. The minimum absolute atomic E-state index is 0.0546. The molecule has 0 bridgehead atoms. The van der Waals surface area contributed by atoms with Gasteiger partial charge < -0.3 is 0 Å². The van der Waals surface area contributed by atoms with Crippen LogP contribution in [0.1, 0.15) is 24.4 Å². The van der Waals surface area contributed by atoms with Crippen molar-refractivity contribution >= 4 is 11.3 Å².